The Bertz CT molecular complexity index is 586. The molecule has 0 atom stereocenters. The molecule has 4 nitrogen and oxygen atoms in total. The summed E-state index contributed by atoms with van der Waals surface area (Å²) in [6, 6.07) is 18.2. The molecule has 0 amide bonds. The summed E-state index contributed by atoms with van der Waals surface area (Å²) in [6.45, 7) is 1.80. The van der Waals surface area contributed by atoms with E-state index in [0.29, 0.717) is 0 Å². The zero-order chi connectivity index (χ0) is 15.5. The first-order valence-electron chi connectivity index (χ1n) is 6.54. The maximum Gasteiger partial charge on any atom is 0.315 e. The van der Waals surface area contributed by atoms with Crippen molar-refractivity contribution >= 4 is 30.4 Å². The van der Waals surface area contributed by atoms with Gasteiger partial charge in [0.2, 0.25) is 0 Å². The van der Waals surface area contributed by atoms with E-state index >= 15 is 0 Å². The summed E-state index contributed by atoms with van der Waals surface area (Å²) in [5, 5.41) is 20.5. The van der Waals surface area contributed by atoms with Crippen LogP contribution in [-0.4, -0.2) is 30.2 Å². The van der Waals surface area contributed by atoms with Gasteiger partial charge in [0.05, 0.1) is 0 Å². The van der Waals surface area contributed by atoms with Gasteiger partial charge in [-0.25, -0.2) is 0 Å². The van der Waals surface area contributed by atoms with Crippen LogP contribution in [0.1, 0.15) is 0 Å². The predicted octanol–water partition coefficient (Wildman–Crippen LogP) is 1.42. The van der Waals surface area contributed by atoms with Gasteiger partial charge in [-0.05, 0) is 0 Å². The third-order valence-electron chi connectivity index (χ3n) is 3.82. The van der Waals surface area contributed by atoms with Gasteiger partial charge in [-0.1, -0.05) is 77.6 Å². The van der Waals surface area contributed by atoms with E-state index in [1.54, 1.807) is 6.55 Å². The highest BCUT2D eigenvalue weighted by Gasteiger charge is 2.49. The third-order valence-corrected chi connectivity index (χ3v) is 8.53. The molecule has 2 aromatic rings. The highest BCUT2D eigenvalue weighted by molar-refractivity contribution is 7.05. The summed E-state index contributed by atoms with van der Waals surface area (Å²) < 4.78 is 0. The van der Waals surface area contributed by atoms with Gasteiger partial charge in [0, 0.05) is 0 Å². The SMILES string of the molecule is C[Si](c1ccccc1)(c1ccccc1)C(C(=O)O)C(=O)O. The quantitative estimate of drug-likeness (QED) is 0.647. The number of hydrogen-bond donors (Lipinski definition) is 2. The molecule has 0 bridgehead atoms. The summed E-state index contributed by atoms with van der Waals surface area (Å²) in [5.74, 6) is -2.58. The van der Waals surface area contributed by atoms with Gasteiger partial charge in [0.1, 0.15) is 8.07 Å². The summed E-state index contributed by atoms with van der Waals surface area (Å²) >= 11 is 0. The van der Waals surface area contributed by atoms with Crippen molar-refractivity contribution in [2.24, 2.45) is 0 Å². The van der Waals surface area contributed by atoms with E-state index < -0.39 is 25.6 Å². The number of carbonyl (C=O) groups is 2. The molecule has 0 unspecified atom stereocenters. The van der Waals surface area contributed by atoms with Gasteiger partial charge in [0.15, 0.2) is 5.54 Å². The molecule has 0 radical (unpaired) electrons. The maximum absolute atomic E-state index is 11.6. The Morgan fingerprint density at radius 3 is 1.43 bits per heavy atom. The van der Waals surface area contributed by atoms with E-state index in [0.717, 1.165) is 10.4 Å². The number of aliphatic carboxylic acids is 2. The molecule has 0 heterocycles. The van der Waals surface area contributed by atoms with E-state index in [4.69, 9.17) is 0 Å². The molecule has 2 rings (SSSR count). The van der Waals surface area contributed by atoms with Crippen LogP contribution in [-0.2, 0) is 9.59 Å². The third kappa shape index (κ3) is 2.73. The van der Waals surface area contributed by atoms with Crippen LogP contribution in [0.25, 0.3) is 0 Å². The zero-order valence-electron chi connectivity index (χ0n) is 11.6. The van der Waals surface area contributed by atoms with Crippen molar-refractivity contribution in [3.63, 3.8) is 0 Å². The van der Waals surface area contributed by atoms with Crippen molar-refractivity contribution in [3.8, 4) is 0 Å². The van der Waals surface area contributed by atoms with Gasteiger partial charge in [0.25, 0.3) is 0 Å². The van der Waals surface area contributed by atoms with Gasteiger partial charge < -0.3 is 10.2 Å². The lowest BCUT2D eigenvalue weighted by atomic mass is 10.4. The molecule has 108 valence electrons. The lowest BCUT2D eigenvalue weighted by Gasteiger charge is -2.31. The molecular weight excluding hydrogens is 284 g/mol. The predicted molar refractivity (Wildman–Crippen MR) is 82.8 cm³/mol. The first-order chi connectivity index (χ1) is 9.98. The monoisotopic (exact) mass is 300 g/mol. The molecular formula is C16H16O4Si. The second-order valence-electron chi connectivity index (χ2n) is 5.04. The summed E-state index contributed by atoms with van der Waals surface area (Å²) in [4.78, 5) is 23.2. The van der Waals surface area contributed by atoms with E-state index in [2.05, 4.69) is 0 Å². The topological polar surface area (TPSA) is 74.6 Å². The van der Waals surface area contributed by atoms with Crippen LogP contribution < -0.4 is 10.4 Å². The molecule has 21 heavy (non-hydrogen) atoms. The van der Waals surface area contributed by atoms with E-state index in [-0.39, 0.29) is 0 Å². The van der Waals surface area contributed by atoms with E-state index in [9.17, 15) is 19.8 Å². The Balaban J connectivity index is 2.71. The standard InChI is InChI=1S/C16H16O4Si/c1-21(12-8-4-2-5-9-12,13-10-6-3-7-11-13)14(15(17)18)16(19)20/h2-11,14H,1H3,(H,17,18)(H,19,20). The van der Waals surface area contributed by atoms with Gasteiger partial charge in [-0.15, -0.1) is 0 Å². The fourth-order valence-corrected chi connectivity index (χ4v) is 6.43. The van der Waals surface area contributed by atoms with Crippen molar-refractivity contribution in [2.75, 3.05) is 0 Å². The van der Waals surface area contributed by atoms with Gasteiger partial charge in [-0.3, -0.25) is 9.59 Å². The highest BCUT2D eigenvalue weighted by Crippen LogP contribution is 2.23. The normalized spacial score (nSPS) is 11.3. The minimum Gasteiger partial charge on any atom is -0.481 e. The number of hydrogen-bond acceptors (Lipinski definition) is 2. The minimum absolute atomic E-state index is 0.797. The Labute approximate surface area is 123 Å². The molecule has 0 aliphatic rings. The molecule has 0 saturated carbocycles. The van der Waals surface area contributed by atoms with E-state index in [1.807, 2.05) is 60.7 Å². The Morgan fingerprint density at radius 1 is 0.810 bits per heavy atom. The van der Waals surface area contributed by atoms with Crippen molar-refractivity contribution in [1.82, 2.24) is 0 Å². The van der Waals surface area contributed by atoms with Crippen molar-refractivity contribution in [1.29, 1.82) is 0 Å². The summed E-state index contributed by atoms with van der Waals surface area (Å²) in [6.07, 6.45) is 0. The largest absolute Gasteiger partial charge is 0.481 e. The number of benzene rings is 2. The molecule has 2 aromatic carbocycles. The Morgan fingerprint density at radius 2 is 1.14 bits per heavy atom. The second kappa shape index (κ2) is 5.93. The van der Waals surface area contributed by atoms with Crippen LogP contribution >= 0.6 is 0 Å². The number of carboxylic acids is 2. The fourth-order valence-electron chi connectivity index (χ4n) is 2.67. The van der Waals surface area contributed by atoms with Gasteiger partial charge in [-0.2, -0.15) is 0 Å². The van der Waals surface area contributed by atoms with E-state index in [1.165, 1.54) is 0 Å². The molecule has 0 spiro atoms. The van der Waals surface area contributed by atoms with Crippen LogP contribution in [0.5, 0.6) is 0 Å². The van der Waals surface area contributed by atoms with Crippen LogP contribution in [0.4, 0.5) is 0 Å². The van der Waals surface area contributed by atoms with Crippen LogP contribution in [0, 0.1) is 0 Å². The molecule has 2 N–H and O–H groups in total. The lowest BCUT2D eigenvalue weighted by molar-refractivity contribution is -0.147. The maximum atomic E-state index is 11.6. The molecule has 5 heteroatoms. The molecule has 0 aromatic heterocycles. The number of rotatable bonds is 5. The Hall–Kier alpha value is -2.40. The van der Waals surface area contributed by atoms with Crippen molar-refractivity contribution in [3.05, 3.63) is 60.7 Å². The second-order valence-corrected chi connectivity index (χ2v) is 9.18. The molecule has 0 saturated heterocycles. The summed E-state index contributed by atoms with van der Waals surface area (Å²) in [7, 11) is -2.96. The molecule has 0 fully saturated rings. The minimum atomic E-state index is -2.96. The van der Waals surface area contributed by atoms with Crippen molar-refractivity contribution < 1.29 is 19.8 Å². The van der Waals surface area contributed by atoms with Crippen molar-refractivity contribution in [2.45, 2.75) is 12.1 Å². The van der Waals surface area contributed by atoms with Crippen LogP contribution in [0.15, 0.2) is 60.7 Å². The van der Waals surface area contributed by atoms with Gasteiger partial charge >= 0.3 is 11.9 Å². The Kier molecular flexibility index (Phi) is 4.23. The molecule has 0 aliphatic carbocycles. The van der Waals surface area contributed by atoms with Crippen LogP contribution in [0.3, 0.4) is 0 Å². The lowest BCUT2D eigenvalue weighted by Crippen LogP contribution is -2.62. The fraction of sp³-hybridized carbons (Fsp3) is 0.125. The van der Waals surface area contributed by atoms with Crippen LogP contribution in [0.2, 0.25) is 12.1 Å². The average Bonchev–Trinajstić information content (AvgIpc) is 2.48. The first kappa shape index (κ1) is 15.0. The smallest absolute Gasteiger partial charge is 0.315 e. The summed E-state index contributed by atoms with van der Waals surface area (Å²) in [5.41, 5.74) is -1.43. The number of carboxylic acid groups (broad SMARTS) is 2. The highest BCUT2D eigenvalue weighted by atomic mass is 28.3. The molecule has 0 aliphatic heterocycles. The zero-order valence-corrected chi connectivity index (χ0v) is 12.6. The average molecular weight is 300 g/mol. The first-order valence-corrected chi connectivity index (χ1v) is 9.12.